The summed E-state index contributed by atoms with van der Waals surface area (Å²) < 4.78 is 0.845. The van der Waals surface area contributed by atoms with Crippen LogP contribution in [0.4, 0.5) is 11.4 Å². The van der Waals surface area contributed by atoms with Crippen molar-refractivity contribution in [2.24, 2.45) is 0 Å². The van der Waals surface area contributed by atoms with Gasteiger partial charge in [-0.05, 0) is 57.7 Å². The molecule has 3 N–H and O–H groups in total. The van der Waals surface area contributed by atoms with E-state index in [0.717, 1.165) is 57.7 Å². The third kappa shape index (κ3) is 4.16. The summed E-state index contributed by atoms with van der Waals surface area (Å²) >= 11 is 4.88. The number of thiophene rings is 1. The molecule has 0 spiro atoms. The molecule has 0 aliphatic carbocycles. The highest BCUT2D eigenvalue weighted by atomic mass is 79.9. The second-order valence-corrected chi connectivity index (χ2v) is 10.0. The minimum atomic E-state index is -0.210. The van der Waals surface area contributed by atoms with Crippen LogP contribution in [0, 0.1) is 6.92 Å². The number of carbonyl (C=O) groups excluding carboxylic acids is 1. The van der Waals surface area contributed by atoms with Gasteiger partial charge in [0.15, 0.2) is 0 Å². The van der Waals surface area contributed by atoms with Crippen LogP contribution in [0.15, 0.2) is 59.1 Å². The fourth-order valence-corrected chi connectivity index (χ4v) is 5.69. The molecule has 4 aromatic rings. The zero-order valence-corrected chi connectivity index (χ0v) is 20.1. The van der Waals surface area contributed by atoms with Gasteiger partial charge in [0.1, 0.15) is 9.71 Å². The third-order valence-electron chi connectivity index (χ3n) is 5.78. The number of pyridine rings is 1. The van der Waals surface area contributed by atoms with Gasteiger partial charge in [0.25, 0.3) is 5.91 Å². The first kappa shape index (κ1) is 21.1. The van der Waals surface area contributed by atoms with Crippen LogP contribution in [-0.2, 0) is 19.5 Å². The van der Waals surface area contributed by atoms with Crippen molar-refractivity contribution < 1.29 is 4.79 Å². The van der Waals surface area contributed by atoms with Crippen LogP contribution in [0.5, 0.6) is 0 Å². The van der Waals surface area contributed by atoms with E-state index in [1.165, 1.54) is 22.5 Å². The van der Waals surface area contributed by atoms with Crippen LogP contribution in [-0.4, -0.2) is 22.3 Å². The first-order valence-electron chi connectivity index (χ1n) is 10.5. The molecule has 0 saturated carbocycles. The van der Waals surface area contributed by atoms with Crippen molar-refractivity contribution in [3.8, 4) is 0 Å². The highest BCUT2D eigenvalue weighted by molar-refractivity contribution is 9.10. The number of halogens is 1. The van der Waals surface area contributed by atoms with Gasteiger partial charge in [0.2, 0.25) is 0 Å². The van der Waals surface area contributed by atoms with Crippen LogP contribution in [0.3, 0.4) is 0 Å². The summed E-state index contributed by atoms with van der Waals surface area (Å²) in [7, 11) is 0. The summed E-state index contributed by atoms with van der Waals surface area (Å²) in [5.74, 6) is -0.210. The van der Waals surface area contributed by atoms with Gasteiger partial charge in [-0.15, -0.1) is 11.3 Å². The molecule has 1 aliphatic rings. The van der Waals surface area contributed by atoms with Gasteiger partial charge >= 0.3 is 0 Å². The number of amides is 1. The number of aryl methyl sites for hydroxylation is 1. The summed E-state index contributed by atoms with van der Waals surface area (Å²) in [5, 5.41) is 3.83. The number of benzene rings is 2. The molecule has 0 bridgehead atoms. The van der Waals surface area contributed by atoms with E-state index in [0.29, 0.717) is 10.6 Å². The van der Waals surface area contributed by atoms with Crippen LogP contribution >= 0.6 is 27.3 Å². The van der Waals surface area contributed by atoms with Crippen molar-refractivity contribution >= 4 is 54.8 Å². The van der Waals surface area contributed by atoms with E-state index in [9.17, 15) is 4.79 Å². The van der Waals surface area contributed by atoms with E-state index in [4.69, 9.17) is 10.7 Å². The molecule has 32 heavy (non-hydrogen) atoms. The number of rotatable bonds is 4. The van der Waals surface area contributed by atoms with Gasteiger partial charge in [0, 0.05) is 41.6 Å². The van der Waals surface area contributed by atoms with Crippen LogP contribution in [0.1, 0.15) is 32.1 Å². The molecule has 7 heteroatoms. The first-order chi connectivity index (χ1) is 15.5. The Bertz CT molecular complexity index is 1320. The number of nitrogens with one attached hydrogen (secondary N) is 1. The lowest BCUT2D eigenvalue weighted by atomic mass is 10.0. The molecule has 2 aromatic carbocycles. The molecule has 5 rings (SSSR count). The third-order valence-corrected chi connectivity index (χ3v) is 7.55. The second-order valence-electron chi connectivity index (χ2n) is 8.18. The zero-order valence-electron chi connectivity index (χ0n) is 17.7. The van der Waals surface area contributed by atoms with Crippen LogP contribution in [0.2, 0.25) is 0 Å². The van der Waals surface area contributed by atoms with Crippen molar-refractivity contribution in [3.63, 3.8) is 0 Å². The van der Waals surface area contributed by atoms with Gasteiger partial charge in [-0.2, -0.15) is 0 Å². The molecular weight excluding hydrogens is 484 g/mol. The number of carbonyl (C=O) groups is 1. The van der Waals surface area contributed by atoms with E-state index in [2.05, 4.69) is 56.5 Å². The summed E-state index contributed by atoms with van der Waals surface area (Å²) in [6.45, 7) is 4.72. The van der Waals surface area contributed by atoms with Crippen molar-refractivity contribution in [2.75, 3.05) is 17.6 Å². The topological polar surface area (TPSA) is 71.2 Å². The average molecular weight is 507 g/mol. The fraction of sp³-hybridized carbons (Fsp3) is 0.200. The lowest BCUT2D eigenvalue weighted by Gasteiger charge is -2.28. The van der Waals surface area contributed by atoms with Gasteiger partial charge in [0.05, 0.1) is 11.4 Å². The molecule has 2 aromatic heterocycles. The molecular formula is C25H23BrN4OS. The fourth-order valence-electron chi connectivity index (χ4n) is 4.10. The Morgan fingerprint density at radius 1 is 1.22 bits per heavy atom. The van der Waals surface area contributed by atoms with Gasteiger partial charge in [-0.25, -0.2) is 4.98 Å². The number of hydrogen-bond donors (Lipinski definition) is 2. The summed E-state index contributed by atoms with van der Waals surface area (Å²) in [6.07, 6.45) is 0.897. The predicted molar refractivity (Wildman–Crippen MR) is 135 cm³/mol. The molecule has 3 heterocycles. The smallest absolute Gasteiger partial charge is 0.267 e. The first-order valence-corrected chi connectivity index (χ1v) is 12.1. The molecule has 0 atom stereocenters. The number of hydrogen-bond acceptors (Lipinski definition) is 5. The second kappa shape index (κ2) is 8.65. The normalized spacial score (nSPS) is 13.8. The number of nitrogens with two attached hydrogens (primary N) is 1. The van der Waals surface area contributed by atoms with Crippen LogP contribution in [0.25, 0.3) is 10.2 Å². The Labute approximate surface area is 199 Å². The number of fused-ring (bicyclic) bond motifs is 2. The molecule has 1 aliphatic heterocycles. The number of nitrogens with zero attached hydrogens (tertiary/aromatic N) is 2. The highest BCUT2D eigenvalue weighted by Crippen LogP contribution is 2.36. The lowest BCUT2D eigenvalue weighted by Crippen LogP contribution is -2.30. The Kier molecular flexibility index (Phi) is 5.71. The Hall–Kier alpha value is -2.74. The quantitative estimate of drug-likeness (QED) is 0.369. The maximum Gasteiger partial charge on any atom is 0.267 e. The minimum absolute atomic E-state index is 0.210. The standard InChI is InChI=1S/C25H23BrN4OS/c1-15-7-8-21(19(26)11-15)28-24(31)23-22(27)18-12-17-14-30(13-16-5-3-2-4-6-16)10-9-20(17)29-25(18)32-23/h2-8,11-12H,9-10,13-14,27H2,1H3,(H,28,31). The maximum absolute atomic E-state index is 13.0. The van der Waals surface area contributed by atoms with Crippen molar-refractivity contribution in [3.05, 3.63) is 86.3 Å². The van der Waals surface area contributed by atoms with E-state index in [-0.39, 0.29) is 5.91 Å². The number of anilines is 2. The molecule has 0 saturated heterocycles. The summed E-state index contributed by atoms with van der Waals surface area (Å²) in [4.78, 5) is 21.6. The Morgan fingerprint density at radius 3 is 2.81 bits per heavy atom. The van der Waals surface area contributed by atoms with E-state index in [1.54, 1.807) is 0 Å². The Morgan fingerprint density at radius 2 is 2.03 bits per heavy atom. The number of nitrogen functional groups attached to an aromatic ring is 1. The van der Waals surface area contributed by atoms with Crippen molar-refractivity contribution in [2.45, 2.75) is 26.4 Å². The number of aromatic nitrogens is 1. The zero-order chi connectivity index (χ0) is 22.2. The molecule has 0 radical (unpaired) electrons. The predicted octanol–water partition coefficient (Wildman–Crippen LogP) is 5.76. The minimum Gasteiger partial charge on any atom is -0.397 e. The SMILES string of the molecule is Cc1ccc(NC(=O)c2sc3nc4c(cc3c2N)CN(Cc2ccccc2)CC4)c(Br)c1. The van der Waals surface area contributed by atoms with Gasteiger partial charge in [-0.3, -0.25) is 9.69 Å². The van der Waals surface area contributed by atoms with Crippen LogP contribution < -0.4 is 11.1 Å². The summed E-state index contributed by atoms with van der Waals surface area (Å²) in [6, 6.07) is 18.5. The molecule has 5 nitrogen and oxygen atoms in total. The van der Waals surface area contributed by atoms with Gasteiger partial charge in [-0.1, -0.05) is 36.4 Å². The monoisotopic (exact) mass is 506 g/mol. The summed E-state index contributed by atoms with van der Waals surface area (Å²) in [5.41, 5.74) is 12.4. The molecule has 0 fully saturated rings. The average Bonchev–Trinajstić information content (AvgIpc) is 3.10. The van der Waals surface area contributed by atoms with Crippen molar-refractivity contribution in [1.82, 2.24) is 9.88 Å². The molecule has 0 unspecified atom stereocenters. The van der Waals surface area contributed by atoms with E-state index in [1.807, 2.05) is 31.2 Å². The van der Waals surface area contributed by atoms with E-state index < -0.39 is 0 Å². The maximum atomic E-state index is 13.0. The molecule has 162 valence electrons. The Balaban J connectivity index is 1.40. The van der Waals surface area contributed by atoms with E-state index >= 15 is 0 Å². The highest BCUT2D eigenvalue weighted by Gasteiger charge is 2.23. The molecule has 1 amide bonds. The largest absolute Gasteiger partial charge is 0.397 e. The van der Waals surface area contributed by atoms with Crippen molar-refractivity contribution in [1.29, 1.82) is 0 Å². The lowest BCUT2D eigenvalue weighted by molar-refractivity contribution is 0.103. The van der Waals surface area contributed by atoms with Gasteiger partial charge < -0.3 is 11.1 Å².